The fourth-order valence-electron chi connectivity index (χ4n) is 3.46. The summed E-state index contributed by atoms with van der Waals surface area (Å²) in [5.41, 5.74) is 1.42. The first kappa shape index (κ1) is 15.2. The monoisotopic (exact) mass is 298 g/mol. The summed E-state index contributed by atoms with van der Waals surface area (Å²) in [4.78, 5) is 0. The molecule has 0 saturated heterocycles. The number of aryl methyl sites for hydroxylation is 1. The molecule has 1 heterocycles. The maximum Gasteiger partial charge on any atom is 0.146 e. The molecule has 0 spiro atoms. The zero-order valence-electron chi connectivity index (χ0n) is 13.6. The Morgan fingerprint density at radius 3 is 2.55 bits per heavy atom. The normalized spacial score (nSPS) is 17.0. The van der Waals surface area contributed by atoms with Crippen LogP contribution in [-0.2, 0) is 20.0 Å². The van der Waals surface area contributed by atoms with Gasteiger partial charge in [0.1, 0.15) is 11.6 Å². The Labute approximate surface area is 133 Å². The fraction of sp³-hybridized carbons (Fsp3) is 0.556. The van der Waals surface area contributed by atoms with Crippen molar-refractivity contribution in [2.24, 2.45) is 13.0 Å². The Balaban J connectivity index is 1.67. The first-order valence-corrected chi connectivity index (χ1v) is 8.36. The molecule has 0 bridgehead atoms. The van der Waals surface area contributed by atoms with Crippen molar-refractivity contribution in [3.8, 4) is 0 Å². The van der Waals surface area contributed by atoms with Crippen LogP contribution in [0.4, 0.5) is 0 Å². The second-order valence-electron chi connectivity index (χ2n) is 6.44. The Morgan fingerprint density at radius 1 is 1.18 bits per heavy atom. The highest BCUT2D eigenvalue weighted by atomic mass is 15.3. The van der Waals surface area contributed by atoms with Gasteiger partial charge in [0.15, 0.2) is 0 Å². The summed E-state index contributed by atoms with van der Waals surface area (Å²) in [7, 11) is 2.04. The van der Waals surface area contributed by atoms with Gasteiger partial charge in [-0.1, -0.05) is 43.2 Å². The van der Waals surface area contributed by atoms with Crippen molar-refractivity contribution in [1.82, 2.24) is 20.1 Å². The van der Waals surface area contributed by atoms with Crippen LogP contribution in [-0.4, -0.2) is 20.8 Å². The molecule has 0 radical (unpaired) electrons. The van der Waals surface area contributed by atoms with Gasteiger partial charge in [-0.15, -0.1) is 10.2 Å². The van der Waals surface area contributed by atoms with Gasteiger partial charge in [0.2, 0.25) is 0 Å². The molecule has 3 rings (SSSR count). The maximum atomic E-state index is 4.27. The maximum absolute atomic E-state index is 4.27. The van der Waals surface area contributed by atoms with Crippen LogP contribution in [0, 0.1) is 12.8 Å². The highest BCUT2D eigenvalue weighted by Crippen LogP contribution is 2.29. The van der Waals surface area contributed by atoms with Crippen LogP contribution >= 0.6 is 0 Å². The topological polar surface area (TPSA) is 42.7 Å². The fourth-order valence-corrected chi connectivity index (χ4v) is 3.46. The van der Waals surface area contributed by atoms with Gasteiger partial charge in [-0.2, -0.15) is 0 Å². The lowest BCUT2D eigenvalue weighted by Gasteiger charge is -2.25. The van der Waals surface area contributed by atoms with E-state index in [2.05, 4.69) is 50.4 Å². The minimum atomic E-state index is 0.530. The van der Waals surface area contributed by atoms with Crippen LogP contribution in [0.5, 0.6) is 0 Å². The quantitative estimate of drug-likeness (QED) is 0.891. The van der Waals surface area contributed by atoms with Gasteiger partial charge >= 0.3 is 0 Å². The summed E-state index contributed by atoms with van der Waals surface area (Å²) < 4.78 is 2.07. The molecule has 1 saturated carbocycles. The highest BCUT2D eigenvalue weighted by Gasteiger charge is 2.25. The van der Waals surface area contributed by atoms with Gasteiger partial charge in [-0.25, -0.2) is 0 Å². The van der Waals surface area contributed by atoms with Gasteiger partial charge in [0.25, 0.3) is 0 Å². The SMILES string of the molecule is Cc1nnc(CN[C@H](Cc2ccccc2)C2CCCC2)n1C. The van der Waals surface area contributed by atoms with Gasteiger partial charge in [0, 0.05) is 13.1 Å². The lowest BCUT2D eigenvalue weighted by Crippen LogP contribution is -2.37. The van der Waals surface area contributed by atoms with Crippen LogP contribution in [0.25, 0.3) is 0 Å². The first-order valence-electron chi connectivity index (χ1n) is 8.36. The molecule has 0 amide bonds. The largest absolute Gasteiger partial charge is 0.317 e. The van der Waals surface area contributed by atoms with E-state index in [1.807, 2.05) is 14.0 Å². The van der Waals surface area contributed by atoms with E-state index in [4.69, 9.17) is 0 Å². The van der Waals surface area contributed by atoms with Gasteiger partial charge < -0.3 is 9.88 Å². The molecule has 0 aliphatic heterocycles. The van der Waals surface area contributed by atoms with Crippen LogP contribution in [0.15, 0.2) is 30.3 Å². The summed E-state index contributed by atoms with van der Waals surface area (Å²) in [6.45, 7) is 2.79. The van der Waals surface area contributed by atoms with Gasteiger partial charge in [-0.3, -0.25) is 0 Å². The average Bonchev–Trinajstić information content (AvgIpc) is 3.17. The summed E-state index contributed by atoms with van der Waals surface area (Å²) in [6, 6.07) is 11.3. The van der Waals surface area contributed by atoms with Gasteiger partial charge in [0.05, 0.1) is 6.54 Å². The molecule has 1 aliphatic carbocycles. The van der Waals surface area contributed by atoms with E-state index in [0.29, 0.717) is 6.04 Å². The standard InChI is InChI=1S/C18H26N4/c1-14-20-21-18(22(14)2)13-19-17(16-10-6-7-11-16)12-15-8-4-3-5-9-15/h3-5,8-9,16-17,19H,6-7,10-13H2,1-2H3/t17-/m1/s1. The zero-order valence-corrected chi connectivity index (χ0v) is 13.6. The van der Waals surface area contributed by atoms with E-state index < -0.39 is 0 Å². The Hall–Kier alpha value is -1.68. The lowest BCUT2D eigenvalue weighted by atomic mass is 9.92. The van der Waals surface area contributed by atoms with E-state index in [0.717, 1.165) is 30.5 Å². The van der Waals surface area contributed by atoms with Crippen molar-refractivity contribution in [2.45, 2.75) is 51.6 Å². The molecule has 4 nitrogen and oxygen atoms in total. The third kappa shape index (κ3) is 3.55. The average molecular weight is 298 g/mol. The number of nitrogens with zero attached hydrogens (tertiary/aromatic N) is 3. The highest BCUT2D eigenvalue weighted by molar-refractivity contribution is 5.16. The van der Waals surface area contributed by atoms with E-state index in [9.17, 15) is 0 Å². The second kappa shape index (κ2) is 7.05. The van der Waals surface area contributed by atoms with Crippen molar-refractivity contribution in [1.29, 1.82) is 0 Å². The Morgan fingerprint density at radius 2 is 1.91 bits per heavy atom. The van der Waals surface area contributed by atoms with E-state index in [1.165, 1.54) is 31.2 Å². The summed E-state index contributed by atoms with van der Waals surface area (Å²) in [5.74, 6) is 2.78. The van der Waals surface area contributed by atoms with Crippen LogP contribution in [0.3, 0.4) is 0 Å². The van der Waals surface area contributed by atoms with E-state index >= 15 is 0 Å². The molecular formula is C18H26N4. The number of hydrogen-bond acceptors (Lipinski definition) is 3. The van der Waals surface area contributed by atoms with Crippen molar-refractivity contribution in [3.63, 3.8) is 0 Å². The van der Waals surface area contributed by atoms with Gasteiger partial charge in [-0.05, 0) is 37.7 Å². The van der Waals surface area contributed by atoms with Crippen molar-refractivity contribution in [2.75, 3.05) is 0 Å². The van der Waals surface area contributed by atoms with Crippen LogP contribution < -0.4 is 5.32 Å². The van der Waals surface area contributed by atoms with E-state index in [1.54, 1.807) is 0 Å². The molecule has 4 heteroatoms. The predicted octanol–water partition coefficient (Wildman–Crippen LogP) is 3.01. The number of aromatic nitrogens is 3. The number of hydrogen-bond donors (Lipinski definition) is 1. The molecular weight excluding hydrogens is 272 g/mol. The smallest absolute Gasteiger partial charge is 0.146 e. The summed E-state index contributed by atoms with van der Waals surface area (Å²) in [6.07, 6.45) is 6.55. The van der Waals surface area contributed by atoms with Crippen LogP contribution in [0.1, 0.15) is 42.9 Å². The minimum absolute atomic E-state index is 0.530. The second-order valence-corrected chi connectivity index (χ2v) is 6.44. The third-order valence-corrected chi connectivity index (χ3v) is 4.97. The molecule has 1 fully saturated rings. The van der Waals surface area contributed by atoms with E-state index in [-0.39, 0.29) is 0 Å². The summed E-state index contributed by atoms with van der Waals surface area (Å²) in [5, 5.41) is 12.2. The molecule has 1 N–H and O–H groups in total. The first-order chi connectivity index (χ1) is 10.7. The Bertz CT molecular complexity index is 584. The van der Waals surface area contributed by atoms with Crippen molar-refractivity contribution >= 4 is 0 Å². The number of benzene rings is 1. The molecule has 1 aromatic carbocycles. The predicted molar refractivity (Wildman–Crippen MR) is 88.5 cm³/mol. The summed E-state index contributed by atoms with van der Waals surface area (Å²) >= 11 is 0. The van der Waals surface area contributed by atoms with Crippen LogP contribution in [0.2, 0.25) is 0 Å². The zero-order chi connectivity index (χ0) is 15.4. The molecule has 22 heavy (non-hydrogen) atoms. The van der Waals surface area contributed by atoms with Crippen molar-refractivity contribution < 1.29 is 0 Å². The molecule has 0 unspecified atom stereocenters. The molecule has 118 valence electrons. The number of rotatable bonds is 6. The molecule has 1 atom stereocenters. The lowest BCUT2D eigenvalue weighted by molar-refractivity contribution is 0.349. The molecule has 1 aromatic heterocycles. The minimum Gasteiger partial charge on any atom is -0.317 e. The Kier molecular flexibility index (Phi) is 4.88. The van der Waals surface area contributed by atoms with Crippen molar-refractivity contribution in [3.05, 3.63) is 47.5 Å². The number of nitrogens with one attached hydrogen (secondary N) is 1. The molecule has 1 aliphatic rings. The molecule has 2 aromatic rings. The third-order valence-electron chi connectivity index (χ3n) is 4.97.